The molecule has 2 heterocycles. The lowest BCUT2D eigenvalue weighted by molar-refractivity contribution is 0.669. The molecule has 8 aromatic rings. The minimum atomic E-state index is 0.727. The molecule has 0 radical (unpaired) electrons. The summed E-state index contributed by atoms with van der Waals surface area (Å²) in [6.07, 6.45) is 0. The molecule has 192 valence electrons. The van der Waals surface area contributed by atoms with E-state index in [1.54, 1.807) is 0 Å². The number of rotatable bonds is 4. The van der Waals surface area contributed by atoms with Gasteiger partial charge in [-0.1, -0.05) is 121 Å². The highest BCUT2D eigenvalue weighted by atomic mass is 16.3. The van der Waals surface area contributed by atoms with Crippen molar-refractivity contribution in [1.29, 1.82) is 0 Å². The van der Waals surface area contributed by atoms with Crippen molar-refractivity contribution in [1.82, 2.24) is 9.97 Å². The fourth-order valence-corrected chi connectivity index (χ4v) is 5.70. The fraction of sp³-hybridized carbons (Fsp3) is 0. The third kappa shape index (κ3) is 4.07. The number of para-hydroxylation sites is 1. The lowest BCUT2D eigenvalue weighted by atomic mass is 9.96. The second kappa shape index (κ2) is 9.58. The first kappa shape index (κ1) is 23.4. The van der Waals surface area contributed by atoms with E-state index in [-0.39, 0.29) is 0 Å². The number of nitrogens with zero attached hydrogens (tertiary/aromatic N) is 2. The first-order valence-electron chi connectivity index (χ1n) is 13.8. The zero-order chi connectivity index (χ0) is 27.2. The highest BCUT2D eigenvalue weighted by Gasteiger charge is 2.14. The number of hydrogen-bond acceptors (Lipinski definition) is 3. The Morgan fingerprint density at radius 1 is 0.415 bits per heavy atom. The molecule has 8 rings (SSSR count). The molecule has 0 saturated heterocycles. The third-order valence-corrected chi connectivity index (χ3v) is 7.71. The molecule has 41 heavy (non-hydrogen) atoms. The molecule has 0 atom stereocenters. The molecular formula is C38H24N2O. The van der Waals surface area contributed by atoms with Crippen LogP contribution in [0.4, 0.5) is 0 Å². The van der Waals surface area contributed by atoms with Gasteiger partial charge in [-0.25, -0.2) is 9.97 Å². The Balaban J connectivity index is 1.24. The van der Waals surface area contributed by atoms with Gasteiger partial charge in [-0.15, -0.1) is 0 Å². The van der Waals surface area contributed by atoms with E-state index in [9.17, 15) is 0 Å². The van der Waals surface area contributed by atoms with Gasteiger partial charge in [0.05, 0.1) is 11.2 Å². The van der Waals surface area contributed by atoms with E-state index in [1.807, 2.05) is 54.6 Å². The Morgan fingerprint density at radius 3 is 1.88 bits per heavy atom. The van der Waals surface area contributed by atoms with Crippen molar-refractivity contribution < 1.29 is 4.42 Å². The Kier molecular flexibility index (Phi) is 5.46. The fourth-order valence-electron chi connectivity index (χ4n) is 5.70. The Morgan fingerprint density at radius 2 is 1.07 bits per heavy atom. The highest BCUT2D eigenvalue weighted by Crippen LogP contribution is 2.38. The zero-order valence-corrected chi connectivity index (χ0v) is 22.2. The van der Waals surface area contributed by atoms with Crippen LogP contribution in [0, 0.1) is 0 Å². The van der Waals surface area contributed by atoms with Crippen LogP contribution in [0.2, 0.25) is 0 Å². The van der Waals surface area contributed by atoms with Crippen molar-refractivity contribution in [2.75, 3.05) is 0 Å². The summed E-state index contributed by atoms with van der Waals surface area (Å²) in [5, 5.41) is 3.33. The van der Waals surface area contributed by atoms with Gasteiger partial charge in [-0.05, 0) is 46.5 Å². The minimum absolute atomic E-state index is 0.727. The van der Waals surface area contributed by atoms with Gasteiger partial charge in [0.25, 0.3) is 0 Å². The van der Waals surface area contributed by atoms with E-state index in [1.165, 1.54) is 5.56 Å². The number of benzene rings is 6. The summed E-state index contributed by atoms with van der Waals surface area (Å²) in [6.45, 7) is 0. The van der Waals surface area contributed by atoms with Gasteiger partial charge < -0.3 is 4.42 Å². The summed E-state index contributed by atoms with van der Waals surface area (Å²) in [6, 6.07) is 50.3. The first-order valence-corrected chi connectivity index (χ1v) is 13.8. The number of fused-ring (bicyclic) bond motifs is 4. The summed E-state index contributed by atoms with van der Waals surface area (Å²) in [7, 11) is 0. The van der Waals surface area contributed by atoms with Crippen LogP contribution < -0.4 is 0 Å². The van der Waals surface area contributed by atoms with Crippen molar-refractivity contribution in [3.8, 4) is 44.9 Å². The molecule has 0 bridgehead atoms. The molecule has 0 aliphatic rings. The van der Waals surface area contributed by atoms with Crippen molar-refractivity contribution in [2.24, 2.45) is 0 Å². The van der Waals surface area contributed by atoms with Gasteiger partial charge in [0, 0.05) is 27.3 Å². The van der Waals surface area contributed by atoms with Gasteiger partial charge in [0.2, 0.25) is 0 Å². The molecule has 2 aromatic heterocycles. The average molecular weight is 525 g/mol. The van der Waals surface area contributed by atoms with Crippen molar-refractivity contribution in [3.63, 3.8) is 0 Å². The van der Waals surface area contributed by atoms with E-state index in [0.717, 1.165) is 72.2 Å². The topological polar surface area (TPSA) is 38.9 Å². The lowest BCUT2D eigenvalue weighted by Gasteiger charge is -2.11. The van der Waals surface area contributed by atoms with Crippen LogP contribution in [0.15, 0.2) is 150 Å². The summed E-state index contributed by atoms with van der Waals surface area (Å²) in [4.78, 5) is 10.0. The number of aromatic nitrogens is 2. The SMILES string of the molecule is c1ccc(-c2nc(-c3ccccc3)c3ccc(-c4ccc(-c5cccc6oc7ccccc7c56)cc4)cc3n2)cc1. The largest absolute Gasteiger partial charge is 0.456 e. The van der Waals surface area contributed by atoms with E-state index in [4.69, 9.17) is 14.4 Å². The predicted molar refractivity (Wildman–Crippen MR) is 169 cm³/mol. The second-order valence-corrected chi connectivity index (χ2v) is 10.2. The highest BCUT2D eigenvalue weighted by molar-refractivity contribution is 6.12. The van der Waals surface area contributed by atoms with Crippen LogP contribution in [-0.2, 0) is 0 Å². The Bertz CT molecular complexity index is 2180. The van der Waals surface area contributed by atoms with E-state index in [2.05, 4.69) is 91.0 Å². The maximum absolute atomic E-state index is 6.12. The molecule has 3 nitrogen and oxygen atoms in total. The molecule has 0 N–H and O–H groups in total. The summed E-state index contributed by atoms with van der Waals surface area (Å²) in [5.74, 6) is 0.727. The van der Waals surface area contributed by atoms with Gasteiger partial charge >= 0.3 is 0 Å². The molecule has 0 fully saturated rings. The van der Waals surface area contributed by atoms with Crippen LogP contribution in [0.25, 0.3) is 77.7 Å². The van der Waals surface area contributed by atoms with Crippen LogP contribution >= 0.6 is 0 Å². The second-order valence-electron chi connectivity index (χ2n) is 10.2. The molecule has 6 aromatic carbocycles. The average Bonchev–Trinajstić information content (AvgIpc) is 3.44. The third-order valence-electron chi connectivity index (χ3n) is 7.71. The molecule has 0 aliphatic heterocycles. The maximum Gasteiger partial charge on any atom is 0.160 e. The number of furan rings is 1. The quantitative estimate of drug-likeness (QED) is 0.230. The molecular weight excluding hydrogens is 500 g/mol. The van der Waals surface area contributed by atoms with Crippen LogP contribution in [-0.4, -0.2) is 9.97 Å². The van der Waals surface area contributed by atoms with Crippen molar-refractivity contribution in [2.45, 2.75) is 0 Å². The molecule has 0 amide bonds. The Hall–Kier alpha value is -5.54. The molecule has 0 aliphatic carbocycles. The lowest BCUT2D eigenvalue weighted by Crippen LogP contribution is -1.95. The van der Waals surface area contributed by atoms with Crippen LogP contribution in [0.1, 0.15) is 0 Å². The molecule has 0 saturated carbocycles. The standard InChI is InChI=1S/C38H24N2O/c1-3-10-27(11-4-1)37-31-23-22-29(24-33(31)39-38(40-37)28-12-5-2-6-13-28)25-18-20-26(21-19-25)30-15-9-17-35-36(30)32-14-7-8-16-34(32)41-35/h1-24H. The van der Waals surface area contributed by atoms with E-state index in [0.29, 0.717) is 0 Å². The molecule has 0 unspecified atom stereocenters. The predicted octanol–water partition coefficient (Wildman–Crippen LogP) is 10.2. The van der Waals surface area contributed by atoms with E-state index >= 15 is 0 Å². The summed E-state index contributed by atoms with van der Waals surface area (Å²) >= 11 is 0. The van der Waals surface area contributed by atoms with Crippen LogP contribution in [0.5, 0.6) is 0 Å². The van der Waals surface area contributed by atoms with Gasteiger partial charge in [-0.3, -0.25) is 0 Å². The first-order chi connectivity index (χ1) is 20.3. The summed E-state index contributed by atoms with van der Waals surface area (Å²) in [5.41, 5.74) is 10.4. The van der Waals surface area contributed by atoms with Gasteiger partial charge in [0.15, 0.2) is 5.82 Å². The maximum atomic E-state index is 6.12. The van der Waals surface area contributed by atoms with Crippen molar-refractivity contribution in [3.05, 3.63) is 146 Å². The molecule has 0 spiro atoms. The smallest absolute Gasteiger partial charge is 0.160 e. The van der Waals surface area contributed by atoms with Gasteiger partial charge in [0.1, 0.15) is 11.2 Å². The zero-order valence-electron chi connectivity index (χ0n) is 22.2. The Labute approximate surface area is 237 Å². The van der Waals surface area contributed by atoms with Crippen LogP contribution in [0.3, 0.4) is 0 Å². The number of hydrogen-bond donors (Lipinski definition) is 0. The summed E-state index contributed by atoms with van der Waals surface area (Å²) < 4.78 is 6.12. The van der Waals surface area contributed by atoms with Crippen molar-refractivity contribution >= 4 is 32.8 Å². The monoisotopic (exact) mass is 524 g/mol. The minimum Gasteiger partial charge on any atom is -0.456 e. The van der Waals surface area contributed by atoms with Gasteiger partial charge in [-0.2, -0.15) is 0 Å². The normalized spacial score (nSPS) is 11.4. The van der Waals surface area contributed by atoms with E-state index < -0.39 is 0 Å². The molecule has 3 heteroatoms.